The molecule has 0 saturated carbocycles. The van der Waals surface area contributed by atoms with Crippen molar-refractivity contribution in [1.29, 1.82) is 0 Å². The van der Waals surface area contributed by atoms with Crippen LogP contribution in [0.15, 0.2) is 42.7 Å². The minimum atomic E-state index is -6.09. The smallest absolute Gasteiger partial charge is 0.485 e. The van der Waals surface area contributed by atoms with Gasteiger partial charge in [-0.1, -0.05) is 37.8 Å². The highest BCUT2D eigenvalue weighted by molar-refractivity contribution is 7.86. The second-order valence-electron chi connectivity index (χ2n) is 6.66. The van der Waals surface area contributed by atoms with E-state index < -0.39 is 29.4 Å². The van der Waals surface area contributed by atoms with E-state index in [9.17, 15) is 22.0 Å². The predicted molar refractivity (Wildman–Crippen MR) is 90.3 cm³/mol. The topological polar surface area (TPSA) is 66.0 Å². The monoisotopic (exact) mass is 430 g/mol. The normalized spacial score (nSPS) is 13.1. The number of hydrogen-bond acceptors (Lipinski definition) is 3. The lowest BCUT2D eigenvalue weighted by molar-refractivity contribution is -0.660. The van der Waals surface area contributed by atoms with Crippen LogP contribution in [0.25, 0.3) is 11.4 Å². The summed E-state index contributed by atoms with van der Waals surface area (Å²) in [6.07, 6.45) is 3.15. The molecule has 0 bridgehead atoms. The van der Waals surface area contributed by atoms with E-state index >= 15 is 0 Å². The molecule has 1 aromatic heterocycles. The van der Waals surface area contributed by atoms with Gasteiger partial charge in [0.15, 0.2) is 18.2 Å². The Kier molecular flexibility index (Phi) is 6.61. The summed E-state index contributed by atoms with van der Waals surface area (Å²) in [5, 5.41) is 0. The van der Waals surface area contributed by atoms with E-state index in [2.05, 4.69) is 0 Å². The fraction of sp³-hybridized carbons (Fsp3) is 0.400. The Morgan fingerprint density at radius 3 is 1.85 bits per heavy atom. The zero-order valence-electron chi connectivity index (χ0n) is 15.0. The summed E-state index contributed by atoms with van der Waals surface area (Å²) in [5.41, 5.74) is -7.67. The zero-order chi connectivity index (χ0) is 21.3. The van der Waals surface area contributed by atoms with Crippen LogP contribution in [0.3, 0.4) is 0 Å². The molecular formula is C15H19F5N2O3SSi. The van der Waals surface area contributed by atoms with Crippen LogP contribution in [0.2, 0.25) is 19.6 Å². The van der Waals surface area contributed by atoms with Crippen LogP contribution in [-0.2, 0) is 22.8 Å². The predicted octanol–water partition coefficient (Wildman–Crippen LogP) is 3.46. The molecule has 27 heavy (non-hydrogen) atoms. The van der Waals surface area contributed by atoms with Crippen LogP contribution in [0.5, 0.6) is 0 Å². The number of benzene rings is 1. The molecule has 0 spiro atoms. The van der Waals surface area contributed by atoms with Crippen LogP contribution in [0.1, 0.15) is 0 Å². The van der Waals surface area contributed by atoms with Gasteiger partial charge in [-0.2, -0.15) is 26.5 Å². The molecule has 0 N–H and O–H groups in total. The number of aromatic nitrogens is 2. The van der Waals surface area contributed by atoms with Gasteiger partial charge in [0.1, 0.15) is 12.4 Å². The van der Waals surface area contributed by atoms with Gasteiger partial charge in [0.2, 0.25) is 0 Å². The number of alkyl halides is 5. The van der Waals surface area contributed by atoms with Crippen LogP contribution in [0, 0.1) is 0 Å². The van der Waals surface area contributed by atoms with Gasteiger partial charge in [-0.25, -0.2) is 13.0 Å². The third-order valence-corrected chi connectivity index (χ3v) is 6.13. The molecule has 152 valence electrons. The second-order valence-corrected chi connectivity index (χ2v) is 13.1. The minimum Gasteiger partial charge on any atom is -0.741 e. The molecule has 0 aliphatic heterocycles. The summed E-state index contributed by atoms with van der Waals surface area (Å²) in [5.74, 6) is 0.535. The molecule has 0 atom stereocenters. The van der Waals surface area contributed by atoms with Gasteiger partial charge in [0.05, 0.1) is 12.6 Å². The van der Waals surface area contributed by atoms with E-state index in [4.69, 9.17) is 13.0 Å². The van der Waals surface area contributed by atoms with Crippen LogP contribution < -0.4 is 4.57 Å². The highest BCUT2D eigenvalue weighted by Gasteiger charge is 2.53. The van der Waals surface area contributed by atoms with Crippen molar-refractivity contribution in [3.05, 3.63) is 42.7 Å². The molecule has 0 aliphatic carbocycles. The van der Waals surface area contributed by atoms with Crippen molar-refractivity contribution in [2.75, 3.05) is 0 Å². The minimum absolute atomic E-state index is 0.535. The molecule has 12 heteroatoms. The van der Waals surface area contributed by atoms with Crippen LogP contribution in [0.4, 0.5) is 22.0 Å². The Morgan fingerprint density at radius 1 is 1.04 bits per heavy atom. The summed E-state index contributed by atoms with van der Waals surface area (Å²) in [6.45, 7) is 5.05. The Bertz CT molecular complexity index is 875. The van der Waals surface area contributed by atoms with E-state index in [0.717, 1.165) is 10.1 Å². The van der Waals surface area contributed by atoms with Crippen molar-refractivity contribution in [3.8, 4) is 11.4 Å². The molecule has 2 aromatic rings. The van der Waals surface area contributed by atoms with Gasteiger partial charge in [-0.3, -0.25) is 0 Å². The lowest BCUT2D eigenvalue weighted by Crippen LogP contribution is -2.48. The van der Waals surface area contributed by atoms with E-state index in [1.165, 1.54) is 6.20 Å². The third kappa shape index (κ3) is 5.36. The van der Waals surface area contributed by atoms with E-state index in [-0.39, 0.29) is 0 Å². The number of nitrogens with zero attached hydrogens (tertiary/aromatic N) is 2. The number of aryl methyl sites for hydroxylation is 1. The standard InChI is InChI=1S/C14H19F2N2Si.CHF3O3S/c1-17-10-11-18(14(15,16)19(2,3)4)13(17)12-8-6-5-7-9-12;2-1(3,4)8(5,6)7/h5-11H,1-4H3;(H,5,6,7)/q+1;/p-1. The summed E-state index contributed by atoms with van der Waals surface area (Å²) in [6, 6.07) is 9.31. The van der Waals surface area contributed by atoms with Gasteiger partial charge in [0.25, 0.3) is 5.82 Å². The first-order valence-electron chi connectivity index (χ1n) is 7.53. The first kappa shape index (κ1) is 23.2. The number of halogens is 5. The van der Waals surface area contributed by atoms with Gasteiger partial charge in [-0.05, 0) is 12.1 Å². The van der Waals surface area contributed by atoms with Gasteiger partial charge in [-0.15, -0.1) is 0 Å². The molecule has 0 amide bonds. The third-order valence-electron chi connectivity index (χ3n) is 3.52. The van der Waals surface area contributed by atoms with E-state index in [1.807, 2.05) is 30.3 Å². The van der Waals surface area contributed by atoms with E-state index in [0.29, 0.717) is 5.82 Å². The molecule has 1 heterocycles. The summed E-state index contributed by atoms with van der Waals surface area (Å²) >= 11 is 0. The molecule has 0 radical (unpaired) electrons. The molecule has 0 aliphatic rings. The zero-order valence-corrected chi connectivity index (χ0v) is 16.8. The number of imidazole rings is 1. The molecule has 0 saturated heterocycles. The largest absolute Gasteiger partial charge is 0.741 e. The van der Waals surface area contributed by atoms with Crippen molar-refractivity contribution in [1.82, 2.24) is 4.57 Å². The van der Waals surface area contributed by atoms with Gasteiger partial charge in [0, 0.05) is 0 Å². The summed E-state index contributed by atoms with van der Waals surface area (Å²) < 4.78 is 91.0. The molecule has 5 nitrogen and oxygen atoms in total. The average Bonchev–Trinajstić information content (AvgIpc) is 2.88. The van der Waals surface area contributed by atoms with E-state index in [1.54, 1.807) is 37.5 Å². The fourth-order valence-corrected chi connectivity index (χ4v) is 2.90. The maximum absolute atomic E-state index is 14.6. The second kappa shape index (κ2) is 7.68. The molecule has 0 unspecified atom stereocenters. The molecule has 0 fully saturated rings. The van der Waals surface area contributed by atoms with Crippen LogP contribution in [-0.4, -0.2) is 31.1 Å². The average molecular weight is 430 g/mol. The highest BCUT2D eigenvalue weighted by Crippen LogP contribution is 2.35. The molecule has 2 rings (SSSR count). The number of rotatable bonds is 3. The van der Waals surface area contributed by atoms with Crippen molar-refractivity contribution in [3.63, 3.8) is 0 Å². The molecular weight excluding hydrogens is 411 g/mol. The summed E-state index contributed by atoms with van der Waals surface area (Å²) in [4.78, 5) is 0. The van der Waals surface area contributed by atoms with Crippen molar-refractivity contribution in [2.24, 2.45) is 7.05 Å². The van der Waals surface area contributed by atoms with Gasteiger partial charge >= 0.3 is 11.2 Å². The Labute approximate surface area is 154 Å². The summed E-state index contributed by atoms with van der Waals surface area (Å²) in [7, 11) is -6.96. The number of hydrogen-bond donors (Lipinski definition) is 0. The van der Waals surface area contributed by atoms with Crippen molar-refractivity contribution >= 4 is 18.2 Å². The Hall–Kier alpha value is -1.79. The fourth-order valence-electron chi connectivity index (χ4n) is 2.00. The van der Waals surface area contributed by atoms with Crippen LogP contribution >= 0.6 is 0 Å². The first-order chi connectivity index (χ1) is 12.0. The van der Waals surface area contributed by atoms with Crippen molar-refractivity contribution in [2.45, 2.75) is 30.8 Å². The SMILES string of the molecule is C[n+]1ccn(C(F)(F)[Si](C)(C)C)c1-c1ccccc1.O=S(=O)([O-])C(F)(F)F. The Morgan fingerprint density at radius 2 is 1.48 bits per heavy atom. The maximum Gasteiger partial charge on any atom is 0.485 e. The Balaban J connectivity index is 0.000000387. The molecule has 1 aromatic carbocycles. The van der Waals surface area contributed by atoms with Gasteiger partial charge < -0.3 is 4.55 Å². The van der Waals surface area contributed by atoms with Crippen molar-refractivity contribution < 1.29 is 39.5 Å². The lowest BCUT2D eigenvalue weighted by Gasteiger charge is -2.25. The maximum atomic E-state index is 14.6. The first-order valence-corrected chi connectivity index (χ1v) is 12.4. The quantitative estimate of drug-likeness (QED) is 0.246. The highest BCUT2D eigenvalue weighted by atomic mass is 32.2. The lowest BCUT2D eigenvalue weighted by atomic mass is 10.2.